The summed E-state index contributed by atoms with van der Waals surface area (Å²) in [5, 5.41) is 16.8. The van der Waals surface area contributed by atoms with Crippen molar-refractivity contribution in [2.45, 2.75) is 33.0 Å². The Hall–Kier alpha value is -1.66. The molecule has 6 heteroatoms. The van der Waals surface area contributed by atoms with Crippen LogP contribution < -0.4 is 0 Å². The number of esters is 2. The summed E-state index contributed by atoms with van der Waals surface area (Å²) < 4.78 is 8.70. The zero-order chi connectivity index (χ0) is 14.9. The molecule has 2 N–H and O–H groups in total. The number of methoxy groups -OCH3 is 1. The fraction of sp³-hybridized carbons (Fsp3) is 0.500. The van der Waals surface area contributed by atoms with Crippen LogP contribution in [0.15, 0.2) is 24.5 Å². The van der Waals surface area contributed by atoms with E-state index in [0.29, 0.717) is 0 Å². The van der Waals surface area contributed by atoms with Crippen LogP contribution in [0.3, 0.4) is 0 Å². The van der Waals surface area contributed by atoms with Gasteiger partial charge in [0.1, 0.15) is 0 Å². The SMILES string of the molecule is C=C(C)C(=O)OC(=C)C(=O)OC.CC(O)C(C)O. The summed E-state index contributed by atoms with van der Waals surface area (Å²) in [6.07, 6.45) is -1.19. The lowest BCUT2D eigenvalue weighted by atomic mass is 10.3. The van der Waals surface area contributed by atoms with Crippen LogP contribution in [0, 0.1) is 0 Å². The van der Waals surface area contributed by atoms with Gasteiger partial charge in [0.2, 0.25) is 5.76 Å². The van der Waals surface area contributed by atoms with Gasteiger partial charge in [0.25, 0.3) is 0 Å². The summed E-state index contributed by atoms with van der Waals surface area (Å²) in [6, 6.07) is 0. The number of rotatable bonds is 4. The van der Waals surface area contributed by atoms with Crippen LogP contribution in [0.2, 0.25) is 0 Å². The molecule has 0 radical (unpaired) electrons. The summed E-state index contributed by atoms with van der Waals surface area (Å²) in [7, 11) is 1.17. The van der Waals surface area contributed by atoms with Crippen LogP contribution in [0.5, 0.6) is 0 Å². The maximum Gasteiger partial charge on any atom is 0.373 e. The third-order valence-corrected chi connectivity index (χ3v) is 1.68. The lowest BCUT2D eigenvalue weighted by Crippen LogP contribution is -2.17. The van der Waals surface area contributed by atoms with E-state index in [-0.39, 0.29) is 11.3 Å². The van der Waals surface area contributed by atoms with Crippen LogP contribution in [0.1, 0.15) is 20.8 Å². The Morgan fingerprint density at radius 2 is 1.44 bits per heavy atom. The molecule has 2 unspecified atom stereocenters. The Labute approximate surface area is 107 Å². The monoisotopic (exact) mass is 260 g/mol. The second-order valence-corrected chi connectivity index (χ2v) is 3.57. The zero-order valence-electron chi connectivity index (χ0n) is 11.1. The van der Waals surface area contributed by atoms with E-state index in [1.807, 2.05) is 0 Å². The molecule has 0 fully saturated rings. The highest BCUT2D eigenvalue weighted by Gasteiger charge is 2.13. The van der Waals surface area contributed by atoms with Gasteiger partial charge in [-0.1, -0.05) is 6.58 Å². The third kappa shape index (κ3) is 9.56. The van der Waals surface area contributed by atoms with E-state index in [1.54, 1.807) is 13.8 Å². The Morgan fingerprint density at radius 1 is 1.06 bits per heavy atom. The molecular weight excluding hydrogens is 240 g/mol. The van der Waals surface area contributed by atoms with E-state index in [1.165, 1.54) is 14.0 Å². The van der Waals surface area contributed by atoms with Crippen molar-refractivity contribution < 1.29 is 29.3 Å². The first kappa shape index (κ1) is 18.7. The van der Waals surface area contributed by atoms with Crippen molar-refractivity contribution in [3.05, 3.63) is 24.5 Å². The van der Waals surface area contributed by atoms with Gasteiger partial charge in [0.05, 0.1) is 19.3 Å². The van der Waals surface area contributed by atoms with Gasteiger partial charge in [-0.2, -0.15) is 0 Å². The highest BCUT2D eigenvalue weighted by Crippen LogP contribution is 2.01. The van der Waals surface area contributed by atoms with Gasteiger partial charge in [-0.25, -0.2) is 9.59 Å². The van der Waals surface area contributed by atoms with Crippen molar-refractivity contribution in [2.24, 2.45) is 0 Å². The minimum Gasteiger partial charge on any atom is -0.463 e. The number of ether oxygens (including phenoxy) is 2. The fourth-order valence-corrected chi connectivity index (χ4v) is 0.355. The molecule has 0 aromatic rings. The first-order valence-corrected chi connectivity index (χ1v) is 5.14. The molecule has 104 valence electrons. The third-order valence-electron chi connectivity index (χ3n) is 1.68. The summed E-state index contributed by atoms with van der Waals surface area (Å²) in [5.41, 5.74) is 0.194. The van der Waals surface area contributed by atoms with E-state index in [2.05, 4.69) is 22.6 Å². The Morgan fingerprint density at radius 3 is 1.67 bits per heavy atom. The highest BCUT2D eigenvalue weighted by atomic mass is 16.6. The number of carbonyl (C=O) groups is 2. The molecular formula is C12H20O6. The summed E-state index contributed by atoms with van der Waals surface area (Å²) in [6.45, 7) is 11.1. The van der Waals surface area contributed by atoms with Crippen LogP contribution in [0.25, 0.3) is 0 Å². The minimum atomic E-state index is -0.774. The molecule has 0 saturated heterocycles. The number of aliphatic hydroxyl groups excluding tert-OH is 2. The van der Waals surface area contributed by atoms with Gasteiger partial charge in [0, 0.05) is 5.57 Å². The van der Waals surface area contributed by atoms with E-state index in [9.17, 15) is 9.59 Å². The molecule has 0 spiro atoms. The molecule has 0 heterocycles. The van der Waals surface area contributed by atoms with Crippen LogP contribution in [-0.4, -0.2) is 41.5 Å². The first-order chi connectivity index (χ1) is 8.13. The van der Waals surface area contributed by atoms with Crippen molar-refractivity contribution in [1.82, 2.24) is 0 Å². The molecule has 0 bridgehead atoms. The van der Waals surface area contributed by atoms with Crippen molar-refractivity contribution in [2.75, 3.05) is 7.11 Å². The van der Waals surface area contributed by atoms with Gasteiger partial charge in [-0.15, -0.1) is 0 Å². The van der Waals surface area contributed by atoms with Crippen molar-refractivity contribution >= 4 is 11.9 Å². The van der Waals surface area contributed by atoms with Crippen LogP contribution in [0.4, 0.5) is 0 Å². The van der Waals surface area contributed by atoms with E-state index >= 15 is 0 Å². The average molecular weight is 260 g/mol. The molecule has 0 aromatic carbocycles. The molecule has 0 saturated carbocycles. The van der Waals surface area contributed by atoms with E-state index < -0.39 is 24.1 Å². The van der Waals surface area contributed by atoms with Crippen molar-refractivity contribution in [1.29, 1.82) is 0 Å². The smallest absolute Gasteiger partial charge is 0.373 e. The zero-order valence-corrected chi connectivity index (χ0v) is 11.1. The lowest BCUT2D eigenvalue weighted by Gasteiger charge is -2.03. The maximum absolute atomic E-state index is 10.8. The lowest BCUT2D eigenvalue weighted by molar-refractivity contribution is -0.147. The molecule has 0 amide bonds. The second-order valence-electron chi connectivity index (χ2n) is 3.57. The molecule has 2 atom stereocenters. The molecule has 0 aliphatic heterocycles. The minimum absolute atomic E-state index is 0.194. The molecule has 0 aromatic heterocycles. The standard InChI is InChI=1S/C8H10O4.C4H10O2/c1-5(2)7(9)12-6(3)8(10)11-4;1-3(5)4(2)6/h1,3H2,2,4H3;3-6H,1-2H3. The quantitative estimate of drug-likeness (QED) is 0.435. The van der Waals surface area contributed by atoms with Gasteiger partial charge < -0.3 is 19.7 Å². The first-order valence-electron chi connectivity index (χ1n) is 5.14. The number of hydrogen-bond donors (Lipinski definition) is 2. The van der Waals surface area contributed by atoms with Crippen molar-refractivity contribution in [3.63, 3.8) is 0 Å². The average Bonchev–Trinajstić information content (AvgIpc) is 2.28. The second kappa shape index (κ2) is 9.38. The number of hydrogen-bond acceptors (Lipinski definition) is 6. The molecule has 0 aliphatic rings. The predicted octanol–water partition coefficient (Wildman–Crippen LogP) is 0.540. The normalized spacial score (nSPS) is 12.3. The summed E-state index contributed by atoms with van der Waals surface area (Å²) in [4.78, 5) is 21.4. The number of aliphatic hydroxyl groups is 2. The largest absolute Gasteiger partial charge is 0.463 e. The summed E-state index contributed by atoms with van der Waals surface area (Å²) >= 11 is 0. The Bertz CT molecular complexity index is 311. The molecule has 0 aliphatic carbocycles. The van der Waals surface area contributed by atoms with E-state index in [0.717, 1.165) is 0 Å². The maximum atomic E-state index is 10.8. The molecule has 0 rings (SSSR count). The molecule has 18 heavy (non-hydrogen) atoms. The summed E-state index contributed by atoms with van der Waals surface area (Å²) in [5.74, 6) is -1.81. The predicted molar refractivity (Wildman–Crippen MR) is 65.4 cm³/mol. The fourth-order valence-electron chi connectivity index (χ4n) is 0.355. The van der Waals surface area contributed by atoms with Gasteiger partial charge in [-0.05, 0) is 27.4 Å². The Balaban J connectivity index is 0. The highest BCUT2D eigenvalue weighted by molar-refractivity contribution is 5.93. The van der Waals surface area contributed by atoms with Crippen LogP contribution in [-0.2, 0) is 19.1 Å². The van der Waals surface area contributed by atoms with Gasteiger partial charge in [0.15, 0.2) is 0 Å². The van der Waals surface area contributed by atoms with Crippen molar-refractivity contribution in [3.8, 4) is 0 Å². The van der Waals surface area contributed by atoms with Crippen LogP contribution >= 0.6 is 0 Å². The van der Waals surface area contributed by atoms with E-state index in [4.69, 9.17) is 10.2 Å². The number of carbonyl (C=O) groups excluding carboxylic acids is 2. The van der Waals surface area contributed by atoms with Gasteiger partial charge in [-0.3, -0.25) is 0 Å². The topological polar surface area (TPSA) is 93.1 Å². The van der Waals surface area contributed by atoms with Gasteiger partial charge >= 0.3 is 11.9 Å². The Kier molecular flexibility index (Phi) is 9.74. The molecule has 6 nitrogen and oxygen atoms in total.